The average molecular weight is 447 g/mol. The number of ether oxygens (including phenoxy) is 2. The van der Waals surface area contributed by atoms with Crippen LogP contribution in [0.4, 0.5) is 4.79 Å². The third-order valence-corrected chi connectivity index (χ3v) is 4.99. The summed E-state index contributed by atoms with van der Waals surface area (Å²) in [5.74, 6) is -1.38. The molecule has 0 saturated heterocycles. The first kappa shape index (κ1) is 24.2. The van der Waals surface area contributed by atoms with Crippen molar-refractivity contribution < 1.29 is 23.9 Å². The second-order valence-electron chi connectivity index (χ2n) is 7.31. The van der Waals surface area contributed by atoms with Gasteiger partial charge in [0.15, 0.2) is 0 Å². The van der Waals surface area contributed by atoms with Crippen LogP contribution in [0.2, 0.25) is 5.02 Å². The highest BCUT2D eigenvalue weighted by atomic mass is 35.5. The van der Waals surface area contributed by atoms with Gasteiger partial charge in [-0.25, -0.2) is 9.59 Å². The van der Waals surface area contributed by atoms with Gasteiger partial charge in [0.1, 0.15) is 18.7 Å². The van der Waals surface area contributed by atoms with Crippen LogP contribution in [0.25, 0.3) is 0 Å². The van der Waals surface area contributed by atoms with Crippen molar-refractivity contribution in [1.82, 2.24) is 10.6 Å². The summed E-state index contributed by atoms with van der Waals surface area (Å²) in [5, 5.41) is 5.71. The van der Waals surface area contributed by atoms with E-state index in [-0.39, 0.29) is 18.9 Å². The van der Waals surface area contributed by atoms with Gasteiger partial charge in [-0.2, -0.15) is 0 Å². The molecule has 8 heteroatoms. The lowest BCUT2D eigenvalue weighted by Gasteiger charge is -2.24. The first-order valence-electron chi connectivity index (χ1n) is 9.90. The van der Waals surface area contributed by atoms with Gasteiger partial charge in [-0.3, -0.25) is 4.79 Å². The molecule has 0 unspecified atom stereocenters. The van der Waals surface area contributed by atoms with E-state index in [1.165, 1.54) is 7.11 Å². The Hall–Kier alpha value is -3.06. The Morgan fingerprint density at radius 3 is 2.23 bits per heavy atom. The number of rotatable bonds is 9. The summed E-state index contributed by atoms with van der Waals surface area (Å²) in [6.07, 6.45) is -0.570. The predicted molar refractivity (Wildman–Crippen MR) is 117 cm³/mol. The molecule has 0 radical (unpaired) electrons. The number of amides is 2. The minimum absolute atomic E-state index is 0.0798. The van der Waals surface area contributed by atoms with E-state index >= 15 is 0 Å². The zero-order chi connectivity index (χ0) is 22.8. The summed E-state index contributed by atoms with van der Waals surface area (Å²) >= 11 is 6.18. The van der Waals surface area contributed by atoms with Crippen molar-refractivity contribution in [3.63, 3.8) is 0 Å². The molecule has 0 fully saturated rings. The topological polar surface area (TPSA) is 93.7 Å². The van der Waals surface area contributed by atoms with Crippen LogP contribution in [0.15, 0.2) is 54.6 Å². The van der Waals surface area contributed by atoms with Crippen molar-refractivity contribution in [1.29, 1.82) is 0 Å². The second-order valence-corrected chi connectivity index (χ2v) is 7.71. The van der Waals surface area contributed by atoms with Gasteiger partial charge in [-0.1, -0.05) is 74.0 Å². The van der Waals surface area contributed by atoms with E-state index in [1.54, 1.807) is 38.1 Å². The molecular formula is C23H27ClN2O5. The molecule has 0 aliphatic heterocycles. The largest absolute Gasteiger partial charge is 0.467 e. The number of benzene rings is 2. The maximum absolute atomic E-state index is 12.9. The van der Waals surface area contributed by atoms with E-state index in [2.05, 4.69) is 10.6 Å². The molecule has 0 bridgehead atoms. The molecule has 0 aliphatic rings. The fraction of sp³-hybridized carbons (Fsp3) is 0.348. The molecule has 2 N–H and O–H groups in total. The highest BCUT2D eigenvalue weighted by Crippen LogP contribution is 2.17. The van der Waals surface area contributed by atoms with Gasteiger partial charge in [0.05, 0.1) is 7.11 Å². The number of hydrogen-bond donors (Lipinski definition) is 2. The van der Waals surface area contributed by atoms with Gasteiger partial charge >= 0.3 is 12.1 Å². The number of methoxy groups -OCH3 is 1. The van der Waals surface area contributed by atoms with Crippen LogP contribution < -0.4 is 10.6 Å². The summed E-state index contributed by atoms with van der Waals surface area (Å²) in [7, 11) is 1.24. The molecule has 2 rings (SSSR count). The number of nitrogens with one attached hydrogen (secondary N) is 2. The summed E-state index contributed by atoms with van der Waals surface area (Å²) in [4.78, 5) is 37.3. The van der Waals surface area contributed by atoms with Crippen molar-refractivity contribution >= 4 is 29.6 Å². The van der Waals surface area contributed by atoms with Gasteiger partial charge in [0.2, 0.25) is 5.91 Å². The fourth-order valence-electron chi connectivity index (χ4n) is 2.91. The van der Waals surface area contributed by atoms with Crippen LogP contribution in [-0.2, 0) is 32.1 Å². The SMILES string of the molecule is COC(=O)[C@H](Cc1ccccc1Cl)NC(=O)[C@H](NC(=O)OCc1ccccc1)C(C)C. The van der Waals surface area contributed by atoms with E-state index in [0.717, 1.165) is 5.56 Å². The standard InChI is InChI=1S/C23H27ClN2O5/c1-15(2)20(26-23(29)31-14-16-9-5-4-6-10-16)21(27)25-19(22(28)30-3)13-17-11-7-8-12-18(17)24/h4-12,15,19-20H,13-14H2,1-3H3,(H,25,27)(H,26,29)/t19-,20+/m0/s1. The Balaban J connectivity index is 2.03. The molecule has 7 nitrogen and oxygen atoms in total. The monoisotopic (exact) mass is 446 g/mol. The van der Waals surface area contributed by atoms with E-state index in [0.29, 0.717) is 10.6 Å². The first-order valence-corrected chi connectivity index (χ1v) is 10.3. The zero-order valence-corrected chi connectivity index (χ0v) is 18.5. The lowest BCUT2D eigenvalue weighted by molar-refractivity contribution is -0.145. The van der Waals surface area contributed by atoms with Gasteiger partial charge in [-0.05, 0) is 23.1 Å². The fourth-order valence-corrected chi connectivity index (χ4v) is 3.12. The Morgan fingerprint density at radius 1 is 0.968 bits per heavy atom. The summed E-state index contributed by atoms with van der Waals surface area (Å²) in [5.41, 5.74) is 1.52. The van der Waals surface area contributed by atoms with Crippen LogP contribution >= 0.6 is 11.6 Å². The normalized spacial score (nSPS) is 12.5. The van der Waals surface area contributed by atoms with Gasteiger partial charge in [0, 0.05) is 11.4 Å². The predicted octanol–water partition coefficient (Wildman–Crippen LogP) is 3.49. The maximum Gasteiger partial charge on any atom is 0.408 e. The Morgan fingerprint density at radius 2 is 1.61 bits per heavy atom. The van der Waals surface area contributed by atoms with Crippen molar-refractivity contribution in [3.8, 4) is 0 Å². The number of hydrogen-bond acceptors (Lipinski definition) is 5. The molecule has 31 heavy (non-hydrogen) atoms. The van der Waals surface area contributed by atoms with Gasteiger partial charge in [-0.15, -0.1) is 0 Å². The Labute approximate surface area is 187 Å². The Bertz CT molecular complexity index is 889. The number of alkyl carbamates (subject to hydrolysis) is 1. The lowest BCUT2D eigenvalue weighted by atomic mass is 10.0. The molecular weight excluding hydrogens is 420 g/mol. The maximum atomic E-state index is 12.9. The average Bonchev–Trinajstić information content (AvgIpc) is 2.76. The van der Waals surface area contributed by atoms with Crippen LogP contribution in [0.3, 0.4) is 0 Å². The van der Waals surface area contributed by atoms with Crippen molar-refractivity contribution in [2.24, 2.45) is 5.92 Å². The molecule has 2 amide bonds. The molecule has 2 atom stereocenters. The highest BCUT2D eigenvalue weighted by molar-refractivity contribution is 6.31. The number of esters is 1. The number of carbonyl (C=O) groups is 3. The molecule has 166 valence electrons. The summed E-state index contributed by atoms with van der Waals surface area (Å²) in [6, 6.07) is 14.4. The quantitative estimate of drug-likeness (QED) is 0.575. The molecule has 0 saturated carbocycles. The highest BCUT2D eigenvalue weighted by Gasteiger charge is 2.30. The Kier molecular flexibility index (Phi) is 9.34. The van der Waals surface area contributed by atoms with E-state index in [9.17, 15) is 14.4 Å². The van der Waals surface area contributed by atoms with E-state index in [4.69, 9.17) is 21.1 Å². The zero-order valence-electron chi connectivity index (χ0n) is 17.8. The van der Waals surface area contributed by atoms with Crippen LogP contribution in [0.5, 0.6) is 0 Å². The third-order valence-electron chi connectivity index (χ3n) is 4.62. The molecule has 0 heterocycles. The van der Waals surface area contributed by atoms with Crippen LogP contribution in [0.1, 0.15) is 25.0 Å². The summed E-state index contributed by atoms with van der Waals surface area (Å²) < 4.78 is 10.0. The van der Waals surface area contributed by atoms with Crippen molar-refractivity contribution in [3.05, 3.63) is 70.7 Å². The number of halogens is 1. The molecule has 0 aromatic heterocycles. The van der Waals surface area contributed by atoms with Gasteiger partial charge < -0.3 is 20.1 Å². The van der Waals surface area contributed by atoms with Crippen LogP contribution in [-0.4, -0.2) is 37.2 Å². The minimum Gasteiger partial charge on any atom is -0.467 e. The molecule has 0 aliphatic carbocycles. The molecule has 2 aromatic carbocycles. The second kappa shape index (κ2) is 12.0. The number of carbonyl (C=O) groups excluding carboxylic acids is 3. The van der Waals surface area contributed by atoms with E-state index in [1.807, 2.05) is 30.3 Å². The van der Waals surface area contributed by atoms with E-state index < -0.39 is 30.1 Å². The smallest absolute Gasteiger partial charge is 0.408 e. The summed E-state index contributed by atoms with van der Waals surface area (Å²) in [6.45, 7) is 3.64. The van der Waals surface area contributed by atoms with Crippen LogP contribution in [0, 0.1) is 5.92 Å². The van der Waals surface area contributed by atoms with Crippen molar-refractivity contribution in [2.45, 2.75) is 39.0 Å². The minimum atomic E-state index is -0.958. The van der Waals surface area contributed by atoms with Gasteiger partial charge in [0.25, 0.3) is 0 Å². The molecule has 2 aromatic rings. The van der Waals surface area contributed by atoms with Crippen molar-refractivity contribution in [2.75, 3.05) is 7.11 Å². The third kappa shape index (κ3) is 7.61. The lowest BCUT2D eigenvalue weighted by Crippen LogP contribution is -2.54. The molecule has 0 spiro atoms. The first-order chi connectivity index (χ1) is 14.8.